The number of anilines is 6. The van der Waals surface area contributed by atoms with Crippen LogP contribution in [0.5, 0.6) is 0 Å². The van der Waals surface area contributed by atoms with Gasteiger partial charge in [0.1, 0.15) is 11.6 Å². The van der Waals surface area contributed by atoms with E-state index in [1.54, 1.807) is 72.8 Å². The summed E-state index contributed by atoms with van der Waals surface area (Å²) in [6.07, 6.45) is 0. The van der Waals surface area contributed by atoms with Gasteiger partial charge in [0.05, 0.1) is 107 Å². The lowest BCUT2D eigenvalue weighted by Crippen LogP contribution is -2.26. The van der Waals surface area contributed by atoms with Crippen LogP contribution in [0.15, 0.2) is 314 Å². The molecule has 0 saturated heterocycles. The fraction of sp³-hybridized carbons (Fsp3) is 0.134. The number of Topliss-reactive ketones (excluding diaryl/α,β-unsaturated/α-hetero) is 6. The van der Waals surface area contributed by atoms with E-state index in [0.29, 0.717) is 54.4 Å². The topological polar surface area (TPSA) is 473 Å². The maximum atomic E-state index is 13.6. The van der Waals surface area contributed by atoms with E-state index in [4.69, 9.17) is 58.0 Å². The summed E-state index contributed by atoms with van der Waals surface area (Å²) in [7, 11) is -21.8. The summed E-state index contributed by atoms with van der Waals surface area (Å²) < 4.78 is 188. The highest BCUT2D eigenvalue weighted by atomic mass is 35.5. The molecule has 30 nitrogen and oxygen atoms in total. The number of para-hydroxylation sites is 2. The van der Waals surface area contributed by atoms with Crippen molar-refractivity contribution in [2.45, 2.75) is 70.9 Å². The molecule has 0 fully saturated rings. The number of hydrogen-bond donors (Lipinski definition) is 5. The second-order valence-corrected chi connectivity index (χ2v) is 48.8. The SMILES string of the molecule is CC(=O)SCC(=O)c1ccc(S(=O)(=O)N(C)c2ccc(Cl)c(Cl)c2)cc1.CC(=O)SCC(=O)c1ccc(S(=O)(=O)Nc2ccc(Cl)cc2)cc1.CC(=O)SCC(=O)c1ccc(S(=O)(=O)Nc2cccc(Cl)c2)cc1.CC(=O)SCC(=O)c1ccc(S(=O)(=O)Nc2ccccc2Cl)cc1.CC(=O)SCC(=O)c1cccc(S(=O)(=O)Nc2cccc(F)c2)c1.CC(=O)SCC(=O)c1cccc(S(=O)(=O)Nc2ccccc2F)c1. The quantitative estimate of drug-likeness (QED) is 0.0228. The smallest absolute Gasteiger partial charge is 0.264 e. The van der Waals surface area contributed by atoms with Crippen LogP contribution in [0.1, 0.15) is 104 Å². The van der Waals surface area contributed by atoms with Crippen molar-refractivity contribution >= 4 is 288 Å². The van der Waals surface area contributed by atoms with Crippen molar-refractivity contribution in [1.29, 1.82) is 0 Å². The average molecular weight is 2320 g/mol. The maximum Gasteiger partial charge on any atom is 0.264 e. The average Bonchev–Trinajstić information content (AvgIpc) is 0.794. The Bertz CT molecular complexity index is 7590. The lowest BCUT2D eigenvalue weighted by molar-refractivity contribution is -0.109. The standard InChI is InChI=1S/C17H15Cl2NO4S2.3C16H14ClNO4S2.2C16H14FNO4S2/c1-11(21)25-10-17(22)12-3-6-14(7-4-12)26(23,24)20(2)13-5-8-15(18)16(19)9-13;1-11(19)23-10-16(20)12-2-8-15(9-3-12)24(21,22)18-14-6-4-13(17)5-7-14;1-11(19)23-10-16(20)12-5-7-15(8-6-12)24(21,22)18-14-4-2-3-13(17)9-14;1-11(19)23-10-16(20)12-6-8-13(9-7-12)24(21,22)18-15-5-3-2-4-14(15)17;1-11(19)23-10-16(20)12-4-2-7-15(8-12)24(21,22)18-14-6-3-5-13(17)9-14;1-11(19)23-10-16(20)12-5-4-6-13(9-12)24(21,22)18-15-8-3-2-7-14(15)17/h3-9H,10H2,1-2H3;5*2-9,18H,10H2,1H3. The summed E-state index contributed by atoms with van der Waals surface area (Å²) in [5.74, 6) is -2.95. The molecule has 12 aromatic rings. The van der Waals surface area contributed by atoms with Crippen molar-refractivity contribution in [3.8, 4) is 0 Å². The minimum atomic E-state index is -4.04. The van der Waals surface area contributed by atoms with Gasteiger partial charge < -0.3 is 0 Å². The maximum absolute atomic E-state index is 13.6. The number of sulfonamides is 6. The minimum Gasteiger partial charge on any atom is -0.293 e. The Labute approximate surface area is 892 Å². The summed E-state index contributed by atoms with van der Waals surface area (Å²) >= 11 is 34.7. The first kappa shape index (κ1) is 122. The number of carbonyl (C=O) groups is 12. The fourth-order valence-electron chi connectivity index (χ4n) is 11.2. The number of carbonyl (C=O) groups excluding carboxylic acids is 12. The highest BCUT2D eigenvalue weighted by Crippen LogP contribution is 2.33. The number of thioether (sulfide) groups is 6. The first-order valence-corrected chi connectivity index (χ1v) is 58.1. The van der Waals surface area contributed by atoms with Crippen LogP contribution in [0.4, 0.5) is 42.9 Å². The molecule has 768 valence electrons. The summed E-state index contributed by atoms with van der Waals surface area (Å²) in [4.78, 5) is 137. The van der Waals surface area contributed by atoms with E-state index in [1.807, 2.05) is 0 Å². The molecule has 0 heterocycles. The van der Waals surface area contributed by atoms with Crippen LogP contribution in [0.2, 0.25) is 25.1 Å². The van der Waals surface area contributed by atoms with Gasteiger partial charge in [-0.2, -0.15) is 0 Å². The van der Waals surface area contributed by atoms with Crippen LogP contribution in [0, 0.1) is 11.6 Å². The van der Waals surface area contributed by atoms with Gasteiger partial charge in [0.15, 0.2) is 65.4 Å². The molecular weight excluding hydrogens is 2230 g/mol. The van der Waals surface area contributed by atoms with Crippen molar-refractivity contribution in [3.05, 3.63) is 355 Å². The molecule has 12 rings (SSSR count). The molecule has 0 atom stereocenters. The van der Waals surface area contributed by atoms with Gasteiger partial charge in [-0.25, -0.2) is 59.3 Å². The van der Waals surface area contributed by atoms with Crippen LogP contribution in [0.3, 0.4) is 0 Å². The lowest BCUT2D eigenvalue weighted by Gasteiger charge is -2.20. The Hall–Kier alpha value is -11.4. The summed E-state index contributed by atoms with van der Waals surface area (Å²) in [5, 5.41) is 0.795. The number of halogens is 7. The van der Waals surface area contributed by atoms with E-state index in [2.05, 4.69) is 23.6 Å². The molecule has 0 aliphatic rings. The van der Waals surface area contributed by atoms with Crippen LogP contribution in [-0.2, 0) is 88.9 Å². The molecule has 0 unspecified atom stereocenters. The monoisotopic (exact) mass is 2310 g/mol. The Morgan fingerprint density at radius 1 is 0.260 bits per heavy atom. The Morgan fingerprint density at radius 3 is 0.938 bits per heavy atom. The zero-order chi connectivity index (χ0) is 108. The normalized spacial score (nSPS) is 11.1. The Kier molecular flexibility index (Phi) is 47.6. The van der Waals surface area contributed by atoms with E-state index in [9.17, 15) is 117 Å². The molecule has 12 aromatic carbocycles. The molecule has 5 N–H and O–H groups in total. The summed E-state index contributed by atoms with van der Waals surface area (Å²) in [6.45, 7) is 8.23. The highest BCUT2D eigenvalue weighted by molar-refractivity contribution is 8.15. The Morgan fingerprint density at radius 2 is 0.575 bits per heavy atom. The third kappa shape index (κ3) is 40.3. The second-order valence-electron chi connectivity index (χ2n) is 29.5. The number of benzene rings is 12. The zero-order valence-corrected chi connectivity index (χ0v) is 90.7. The van der Waals surface area contributed by atoms with Gasteiger partial charge >= 0.3 is 0 Å². The summed E-state index contributed by atoms with van der Waals surface area (Å²) in [6, 6.07) is 67.1. The zero-order valence-electron chi connectivity index (χ0n) is 77.2. The van der Waals surface area contributed by atoms with E-state index < -0.39 is 71.8 Å². The van der Waals surface area contributed by atoms with Gasteiger partial charge in [-0.15, -0.1) is 0 Å². The number of rotatable bonds is 36. The number of nitrogens with one attached hydrogen (secondary N) is 5. The van der Waals surface area contributed by atoms with Crippen molar-refractivity contribution in [3.63, 3.8) is 0 Å². The molecular formula is C97H85Cl5F2N6O24S12. The van der Waals surface area contributed by atoms with Crippen LogP contribution in [0.25, 0.3) is 0 Å². The molecule has 0 aromatic heterocycles. The van der Waals surface area contributed by atoms with E-state index >= 15 is 0 Å². The predicted octanol–water partition coefficient (Wildman–Crippen LogP) is 21.3. The van der Waals surface area contributed by atoms with Crippen molar-refractivity contribution < 1.29 is 117 Å². The fourth-order valence-corrected chi connectivity index (χ4v) is 21.6. The molecule has 49 heteroatoms. The molecule has 0 bridgehead atoms. The van der Waals surface area contributed by atoms with Gasteiger partial charge in [0.25, 0.3) is 60.1 Å². The first-order chi connectivity index (χ1) is 68.5. The van der Waals surface area contributed by atoms with Crippen LogP contribution >= 0.6 is 129 Å². The van der Waals surface area contributed by atoms with Gasteiger partial charge in [-0.3, -0.25) is 85.5 Å². The van der Waals surface area contributed by atoms with Gasteiger partial charge in [-0.1, -0.05) is 238 Å². The predicted molar refractivity (Wildman–Crippen MR) is 577 cm³/mol. The minimum absolute atomic E-state index is 0.0122. The van der Waals surface area contributed by atoms with Crippen LogP contribution < -0.4 is 27.9 Å². The molecule has 0 spiro atoms. The molecule has 0 aliphatic heterocycles. The van der Waals surface area contributed by atoms with Crippen molar-refractivity contribution in [2.24, 2.45) is 0 Å². The molecule has 0 radical (unpaired) electrons. The molecule has 146 heavy (non-hydrogen) atoms. The molecule has 0 amide bonds. The number of nitrogens with zero attached hydrogens (tertiary/aromatic N) is 1. The lowest BCUT2D eigenvalue weighted by atomic mass is 10.1. The van der Waals surface area contributed by atoms with E-state index in [0.717, 1.165) is 87.0 Å². The third-order valence-electron chi connectivity index (χ3n) is 18.4. The largest absolute Gasteiger partial charge is 0.293 e. The number of ketones is 6. The second kappa shape index (κ2) is 57.2. The van der Waals surface area contributed by atoms with E-state index in [-0.39, 0.29) is 168 Å². The van der Waals surface area contributed by atoms with Gasteiger partial charge in [-0.05, 0) is 176 Å². The molecule has 0 aliphatic carbocycles. The third-order valence-corrected chi connectivity index (χ3v) is 33.6. The van der Waals surface area contributed by atoms with Crippen molar-refractivity contribution in [1.82, 2.24) is 0 Å². The van der Waals surface area contributed by atoms with Crippen molar-refractivity contribution in [2.75, 3.05) is 69.5 Å². The Balaban J connectivity index is 0.000000237. The summed E-state index contributed by atoms with van der Waals surface area (Å²) in [5.41, 5.74) is 3.02. The van der Waals surface area contributed by atoms with Crippen LogP contribution in [-0.4, -0.2) is 157 Å². The first-order valence-electron chi connectivity index (χ1n) is 41.5. The number of hydrogen-bond acceptors (Lipinski definition) is 30. The van der Waals surface area contributed by atoms with Gasteiger partial charge in [0, 0.05) is 97.7 Å². The van der Waals surface area contributed by atoms with Gasteiger partial charge in [0.2, 0.25) is 0 Å². The van der Waals surface area contributed by atoms with E-state index in [1.165, 1.54) is 249 Å². The highest BCUT2D eigenvalue weighted by Gasteiger charge is 2.27. The molecule has 0 saturated carbocycles.